The van der Waals surface area contributed by atoms with Crippen molar-refractivity contribution < 1.29 is 19.4 Å². The molecule has 1 aliphatic rings. The molecule has 1 aliphatic heterocycles. The molecular formula is C15H20N2O4. The maximum Gasteiger partial charge on any atom is 0.329 e. The van der Waals surface area contributed by atoms with E-state index in [1.54, 1.807) is 20.1 Å². The second kappa shape index (κ2) is 6.13. The molecule has 1 heterocycles. The summed E-state index contributed by atoms with van der Waals surface area (Å²) in [5.41, 5.74) is 0.445. The smallest absolute Gasteiger partial charge is 0.329 e. The molecule has 0 aromatic heterocycles. The number of hydrogen-bond acceptors (Lipinski definition) is 3. The third-order valence-electron chi connectivity index (χ3n) is 3.84. The Bertz CT molecular complexity index is 546. The van der Waals surface area contributed by atoms with Gasteiger partial charge < -0.3 is 20.1 Å². The van der Waals surface area contributed by atoms with Crippen molar-refractivity contribution in [3.63, 3.8) is 0 Å². The molecule has 1 unspecified atom stereocenters. The topological polar surface area (TPSA) is 78.9 Å². The van der Waals surface area contributed by atoms with E-state index in [9.17, 15) is 14.7 Å². The number of likely N-dealkylation sites (tertiary alicyclic amines) is 1. The lowest BCUT2D eigenvalue weighted by atomic mass is 10.00. The fourth-order valence-corrected chi connectivity index (χ4v) is 2.61. The fraction of sp³-hybridized carbons (Fsp3) is 0.467. The summed E-state index contributed by atoms with van der Waals surface area (Å²) in [6.07, 6.45) is 1.17. The normalized spacial score (nSPS) is 21.3. The molecule has 1 atom stereocenters. The van der Waals surface area contributed by atoms with Gasteiger partial charge in [0.1, 0.15) is 5.54 Å². The number of nitrogens with zero attached hydrogens (tertiary/aromatic N) is 1. The molecule has 2 amide bonds. The van der Waals surface area contributed by atoms with Gasteiger partial charge in [-0.05, 0) is 37.5 Å². The minimum Gasteiger partial charge on any atom is -0.480 e. The van der Waals surface area contributed by atoms with Crippen LogP contribution in [0.1, 0.15) is 25.3 Å². The van der Waals surface area contributed by atoms with E-state index in [4.69, 9.17) is 4.74 Å². The first kappa shape index (κ1) is 15.3. The number of aliphatic carboxylic acids is 1. The molecule has 114 valence electrons. The fourth-order valence-electron chi connectivity index (χ4n) is 2.61. The average Bonchev–Trinajstić information content (AvgIpc) is 2.83. The number of methoxy groups -OCH3 is 1. The molecule has 6 nitrogen and oxygen atoms in total. The molecule has 1 saturated heterocycles. The summed E-state index contributed by atoms with van der Waals surface area (Å²) in [6, 6.07) is 6.92. The van der Waals surface area contributed by atoms with Gasteiger partial charge in [0, 0.05) is 19.3 Å². The average molecular weight is 292 g/mol. The van der Waals surface area contributed by atoms with Crippen molar-refractivity contribution in [2.24, 2.45) is 0 Å². The predicted octanol–water partition coefficient (Wildman–Crippen LogP) is 2.30. The van der Waals surface area contributed by atoms with E-state index in [2.05, 4.69) is 5.32 Å². The summed E-state index contributed by atoms with van der Waals surface area (Å²) >= 11 is 0. The van der Waals surface area contributed by atoms with Gasteiger partial charge in [-0.2, -0.15) is 0 Å². The van der Waals surface area contributed by atoms with Gasteiger partial charge in [-0.25, -0.2) is 9.59 Å². The molecule has 2 rings (SSSR count). The molecular weight excluding hydrogens is 272 g/mol. The maximum atomic E-state index is 12.3. The van der Waals surface area contributed by atoms with E-state index in [1.807, 2.05) is 18.2 Å². The first-order valence-electron chi connectivity index (χ1n) is 6.87. The number of hydrogen-bond donors (Lipinski definition) is 2. The lowest BCUT2D eigenvalue weighted by Gasteiger charge is -2.31. The largest absolute Gasteiger partial charge is 0.480 e. The number of carboxylic acid groups (broad SMARTS) is 1. The van der Waals surface area contributed by atoms with Crippen LogP contribution in [0, 0.1) is 0 Å². The van der Waals surface area contributed by atoms with Crippen molar-refractivity contribution >= 4 is 17.7 Å². The Kier molecular flexibility index (Phi) is 4.47. The zero-order valence-electron chi connectivity index (χ0n) is 12.3. The Morgan fingerprint density at radius 3 is 2.90 bits per heavy atom. The summed E-state index contributed by atoms with van der Waals surface area (Å²) in [6.45, 7) is 2.50. The van der Waals surface area contributed by atoms with Crippen LogP contribution in [0.5, 0.6) is 0 Å². The number of nitrogens with one attached hydrogen (secondary N) is 1. The van der Waals surface area contributed by atoms with Crippen LogP contribution >= 0.6 is 0 Å². The molecule has 2 N–H and O–H groups in total. The van der Waals surface area contributed by atoms with Crippen LogP contribution in [0.15, 0.2) is 24.3 Å². The highest BCUT2D eigenvalue weighted by atomic mass is 16.5. The van der Waals surface area contributed by atoms with Crippen LogP contribution in [0.2, 0.25) is 0 Å². The lowest BCUT2D eigenvalue weighted by molar-refractivity contribution is -0.146. The van der Waals surface area contributed by atoms with E-state index in [0.717, 1.165) is 5.56 Å². The third-order valence-corrected chi connectivity index (χ3v) is 3.84. The Morgan fingerprint density at radius 2 is 2.24 bits per heavy atom. The second-order valence-electron chi connectivity index (χ2n) is 5.40. The van der Waals surface area contributed by atoms with Crippen molar-refractivity contribution in [1.82, 2.24) is 4.90 Å². The van der Waals surface area contributed by atoms with Crippen molar-refractivity contribution in [2.75, 3.05) is 19.0 Å². The number of urea groups is 1. The Balaban J connectivity index is 2.11. The molecule has 1 aromatic carbocycles. The van der Waals surface area contributed by atoms with E-state index >= 15 is 0 Å². The van der Waals surface area contributed by atoms with Gasteiger partial charge in [-0.1, -0.05) is 12.1 Å². The van der Waals surface area contributed by atoms with Crippen LogP contribution in [-0.2, 0) is 16.1 Å². The van der Waals surface area contributed by atoms with Gasteiger partial charge in [0.2, 0.25) is 0 Å². The number of carboxylic acids is 1. The second-order valence-corrected chi connectivity index (χ2v) is 5.40. The highest BCUT2D eigenvalue weighted by Gasteiger charge is 2.45. The number of rotatable bonds is 4. The third kappa shape index (κ3) is 3.16. The Hall–Kier alpha value is -2.08. The molecule has 0 saturated carbocycles. The molecule has 0 spiro atoms. The Labute approximate surface area is 123 Å². The quantitative estimate of drug-likeness (QED) is 0.892. The summed E-state index contributed by atoms with van der Waals surface area (Å²) in [5.74, 6) is -0.969. The summed E-state index contributed by atoms with van der Waals surface area (Å²) in [5, 5.41) is 12.1. The predicted molar refractivity (Wildman–Crippen MR) is 78.2 cm³/mol. The van der Waals surface area contributed by atoms with Crippen molar-refractivity contribution in [3.8, 4) is 0 Å². The van der Waals surface area contributed by atoms with Crippen LogP contribution < -0.4 is 5.32 Å². The van der Waals surface area contributed by atoms with Gasteiger partial charge in [0.25, 0.3) is 0 Å². The molecule has 0 aliphatic carbocycles. The van der Waals surface area contributed by atoms with Crippen LogP contribution in [-0.4, -0.2) is 41.2 Å². The zero-order valence-corrected chi connectivity index (χ0v) is 12.3. The number of ether oxygens (including phenoxy) is 1. The van der Waals surface area contributed by atoms with Gasteiger partial charge in [-0.15, -0.1) is 0 Å². The summed E-state index contributed by atoms with van der Waals surface area (Å²) < 4.78 is 5.05. The van der Waals surface area contributed by atoms with Crippen molar-refractivity contribution in [3.05, 3.63) is 29.8 Å². The minimum atomic E-state index is -1.13. The van der Waals surface area contributed by atoms with Crippen molar-refractivity contribution in [1.29, 1.82) is 0 Å². The monoisotopic (exact) mass is 292 g/mol. The first-order chi connectivity index (χ1) is 9.97. The number of anilines is 1. The SMILES string of the molecule is COCc1cccc(NC(=O)N2CCCC2(C)C(=O)O)c1. The standard InChI is InChI=1S/C15H20N2O4/c1-15(13(18)19)7-4-8-17(15)14(20)16-12-6-3-5-11(9-12)10-21-2/h3,5-6,9H,4,7-8,10H2,1-2H3,(H,16,20)(H,18,19). The molecule has 1 aromatic rings. The minimum absolute atomic E-state index is 0.382. The number of carbonyl (C=O) groups is 2. The highest BCUT2D eigenvalue weighted by molar-refractivity contribution is 5.94. The summed E-state index contributed by atoms with van der Waals surface area (Å²) in [7, 11) is 1.60. The number of amides is 2. The molecule has 0 radical (unpaired) electrons. The molecule has 0 bridgehead atoms. The van der Waals surface area contributed by atoms with Crippen LogP contribution in [0.4, 0.5) is 10.5 Å². The Morgan fingerprint density at radius 1 is 1.48 bits per heavy atom. The highest BCUT2D eigenvalue weighted by Crippen LogP contribution is 2.30. The first-order valence-corrected chi connectivity index (χ1v) is 6.87. The summed E-state index contributed by atoms with van der Waals surface area (Å²) in [4.78, 5) is 25.1. The zero-order chi connectivity index (χ0) is 15.5. The molecule has 6 heteroatoms. The van der Waals surface area contributed by atoms with Crippen LogP contribution in [0.3, 0.4) is 0 Å². The van der Waals surface area contributed by atoms with E-state index < -0.39 is 11.5 Å². The molecule has 1 fully saturated rings. The van der Waals surface area contributed by atoms with Crippen molar-refractivity contribution in [2.45, 2.75) is 31.9 Å². The number of benzene rings is 1. The van der Waals surface area contributed by atoms with Crippen LogP contribution in [0.25, 0.3) is 0 Å². The van der Waals surface area contributed by atoms with Gasteiger partial charge in [0.15, 0.2) is 0 Å². The van der Waals surface area contributed by atoms with E-state index in [-0.39, 0.29) is 6.03 Å². The van der Waals surface area contributed by atoms with E-state index in [0.29, 0.717) is 31.7 Å². The van der Waals surface area contributed by atoms with Gasteiger partial charge in [-0.3, -0.25) is 0 Å². The maximum absolute atomic E-state index is 12.3. The van der Waals surface area contributed by atoms with E-state index in [1.165, 1.54) is 4.90 Å². The van der Waals surface area contributed by atoms with Gasteiger partial charge >= 0.3 is 12.0 Å². The lowest BCUT2D eigenvalue weighted by Crippen LogP contribution is -2.52. The number of carbonyl (C=O) groups excluding carboxylic acids is 1. The van der Waals surface area contributed by atoms with Gasteiger partial charge in [0.05, 0.1) is 6.61 Å². The molecule has 21 heavy (non-hydrogen) atoms.